The lowest BCUT2D eigenvalue weighted by atomic mass is 10.1. The van der Waals surface area contributed by atoms with Gasteiger partial charge in [0.2, 0.25) is 11.8 Å². The summed E-state index contributed by atoms with van der Waals surface area (Å²) in [5.74, 6) is -0.134. The molecule has 0 fully saturated rings. The van der Waals surface area contributed by atoms with E-state index < -0.39 is 5.97 Å². The second kappa shape index (κ2) is 7.44. The van der Waals surface area contributed by atoms with Gasteiger partial charge in [0.25, 0.3) is 0 Å². The molecule has 0 unspecified atom stereocenters. The molecule has 0 radical (unpaired) electrons. The van der Waals surface area contributed by atoms with Crippen molar-refractivity contribution in [1.82, 2.24) is 5.32 Å². The maximum atomic E-state index is 11.6. The molecule has 2 N–H and O–H groups in total. The van der Waals surface area contributed by atoms with Crippen LogP contribution in [0.5, 0.6) is 5.75 Å². The van der Waals surface area contributed by atoms with Crippen molar-refractivity contribution in [2.24, 2.45) is 0 Å². The SMILES string of the molecule is COC(=O)CCC(=O)NCc1ccc2c(c1)NC(=O)CCO2. The number of benzene rings is 1. The summed E-state index contributed by atoms with van der Waals surface area (Å²) < 4.78 is 9.93. The number of ether oxygens (including phenoxy) is 2. The third kappa shape index (κ3) is 4.47. The van der Waals surface area contributed by atoms with Gasteiger partial charge in [0.1, 0.15) is 5.75 Å². The molecule has 7 nitrogen and oxygen atoms in total. The molecule has 2 amide bonds. The molecule has 0 atom stereocenters. The Kier molecular flexibility index (Phi) is 5.35. The summed E-state index contributed by atoms with van der Waals surface area (Å²) in [4.78, 5) is 34.1. The molecule has 1 aliphatic rings. The van der Waals surface area contributed by atoms with Crippen LogP contribution in [0.4, 0.5) is 5.69 Å². The number of hydrogen-bond donors (Lipinski definition) is 2. The Bertz CT molecular complexity index is 585. The number of methoxy groups -OCH3 is 1. The molecule has 1 aliphatic heterocycles. The maximum absolute atomic E-state index is 11.6. The fourth-order valence-electron chi connectivity index (χ4n) is 1.98. The van der Waals surface area contributed by atoms with Crippen LogP contribution < -0.4 is 15.4 Å². The molecular formula is C15H18N2O5. The van der Waals surface area contributed by atoms with E-state index in [4.69, 9.17) is 4.74 Å². The molecule has 0 saturated heterocycles. The standard InChI is InChI=1S/C15H18N2O5/c1-21-15(20)5-4-13(18)16-9-10-2-3-12-11(8-10)17-14(19)6-7-22-12/h2-3,8H,4-7,9H2,1H3,(H,16,18)(H,17,19). The van der Waals surface area contributed by atoms with Gasteiger partial charge in [-0.1, -0.05) is 6.07 Å². The molecule has 1 aromatic carbocycles. The first kappa shape index (κ1) is 15.8. The van der Waals surface area contributed by atoms with E-state index in [1.54, 1.807) is 12.1 Å². The first-order valence-electron chi connectivity index (χ1n) is 6.97. The van der Waals surface area contributed by atoms with Crippen molar-refractivity contribution in [1.29, 1.82) is 0 Å². The number of nitrogens with one attached hydrogen (secondary N) is 2. The summed E-state index contributed by atoms with van der Waals surface area (Å²) in [6.45, 7) is 0.658. The van der Waals surface area contributed by atoms with Crippen LogP contribution in [0.3, 0.4) is 0 Å². The van der Waals surface area contributed by atoms with Gasteiger partial charge in [-0.15, -0.1) is 0 Å². The first-order chi connectivity index (χ1) is 10.6. The Labute approximate surface area is 128 Å². The molecule has 7 heteroatoms. The molecule has 0 spiro atoms. The fraction of sp³-hybridized carbons (Fsp3) is 0.400. The van der Waals surface area contributed by atoms with Crippen LogP contribution in [0.25, 0.3) is 0 Å². The Morgan fingerprint density at radius 1 is 1.36 bits per heavy atom. The van der Waals surface area contributed by atoms with Gasteiger partial charge < -0.3 is 20.1 Å². The molecule has 2 rings (SSSR count). The highest BCUT2D eigenvalue weighted by molar-refractivity contribution is 5.93. The van der Waals surface area contributed by atoms with Crippen molar-refractivity contribution in [3.05, 3.63) is 23.8 Å². The second-order valence-electron chi connectivity index (χ2n) is 4.83. The van der Waals surface area contributed by atoms with Crippen molar-refractivity contribution in [2.75, 3.05) is 19.0 Å². The summed E-state index contributed by atoms with van der Waals surface area (Å²) in [6, 6.07) is 5.34. The average molecular weight is 306 g/mol. The van der Waals surface area contributed by atoms with Crippen LogP contribution in [-0.4, -0.2) is 31.5 Å². The van der Waals surface area contributed by atoms with Crippen molar-refractivity contribution < 1.29 is 23.9 Å². The van der Waals surface area contributed by atoms with Gasteiger partial charge in [-0.25, -0.2) is 0 Å². The summed E-state index contributed by atoms with van der Waals surface area (Å²) >= 11 is 0. The average Bonchev–Trinajstić information content (AvgIpc) is 2.70. The zero-order chi connectivity index (χ0) is 15.9. The van der Waals surface area contributed by atoms with E-state index in [1.807, 2.05) is 6.07 Å². The number of carbonyl (C=O) groups is 3. The topological polar surface area (TPSA) is 93.7 Å². The van der Waals surface area contributed by atoms with Crippen LogP contribution >= 0.6 is 0 Å². The number of esters is 1. The van der Waals surface area contributed by atoms with Gasteiger partial charge >= 0.3 is 5.97 Å². The molecule has 0 bridgehead atoms. The minimum Gasteiger partial charge on any atom is -0.491 e. The summed E-state index contributed by atoms with van der Waals surface area (Å²) in [6.07, 6.45) is 0.447. The van der Waals surface area contributed by atoms with Crippen LogP contribution in [0.1, 0.15) is 24.8 Å². The third-order valence-electron chi connectivity index (χ3n) is 3.18. The predicted octanol–water partition coefficient (Wildman–Crippen LogP) is 0.977. The van der Waals surface area contributed by atoms with Gasteiger partial charge in [0, 0.05) is 13.0 Å². The highest BCUT2D eigenvalue weighted by atomic mass is 16.5. The summed E-state index contributed by atoms with van der Waals surface area (Å²) in [5.41, 5.74) is 1.43. The monoisotopic (exact) mass is 306 g/mol. The number of fused-ring (bicyclic) bond motifs is 1. The van der Waals surface area contributed by atoms with Crippen LogP contribution in [0, 0.1) is 0 Å². The lowest BCUT2D eigenvalue weighted by Gasteiger charge is -2.10. The van der Waals surface area contributed by atoms with E-state index in [0.29, 0.717) is 31.0 Å². The Morgan fingerprint density at radius 2 is 2.18 bits per heavy atom. The fourth-order valence-corrected chi connectivity index (χ4v) is 1.98. The highest BCUT2D eigenvalue weighted by Gasteiger charge is 2.14. The molecule has 1 heterocycles. The molecule has 118 valence electrons. The number of amides is 2. The van der Waals surface area contributed by atoms with Crippen LogP contribution in [0.15, 0.2) is 18.2 Å². The van der Waals surface area contributed by atoms with E-state index >= 15 is 0 Å². The van der Waals surface area contributed by atoms with E-state index in [-0.39, 0.29) is 24.7 Å². The maximum Gasteiger partial charge on any atom is 0.306 e. The third-order valence-corrected chi connectivity index (χ3v) is 3.18. The van der Waals surface area contributed by atoms with Crippen molar-refractivity contribution in [3.8, 4) is 5.75 Å². The van der Waals surface area contributed by atoms with Crippen molar-refractivity contribution in [3.63, 3.8) is 0 Å². The lowest BCUT2D eigenvalue weighted by Crippen LogP contribution is -2.23. The molecule has 22 heavy (non-hydrogen) atoms. The number of anilines is 1. The zero-order valence-electron chi connectivity index (χ0n) is 12.3. The van der Waals surface area contributed by atoms with Gasteiger partial charge in [-0.05, 0) is 17.7 Å². The summed E-state index contributed by atoms with van der Waals surface area (Å²) in [5, 5.41) is 5.47. The lowest BCUT2D eigenvalue weighted by molar-refractivity contribution is -0.142. The minimum absolute atomic E-state index is 0.0520. The largest absolute Gasteiger partial charge is 0.491 e. The first-order valence-corrected chi connectivity index (χ1v) is 6.97. The van der Waals surface area contributed by atoms with Gasteiger partial charge in [0.05, 0.1) is 32.2 Å². The van der Waals surface area contributed by atoms with Crippen LogP contribution in [0.2, 0.25) is 0 Å². The van der Waals surface area contributed by atoms with E-state index in [1.165, 1.54) is 7.11 Å². The zero-order valence-corrected chi connectivity index (χ0v) is 12.3. The van der Waals surface area contributed by atoms with E-state index in [0.717, 1.165) is 5.56 Å². The smallest absolute Gasteiger partial charge is 0.306 e. The number of carbonyl (C=O) groups excluding carboxylic acids is 3. The van der Waals surface area contributed by atoms with Gasteiger partial charge in [-0.3, -0.25) is 14.4 Å². The number of hydrogen-bond acceptors (Lipinski definition) is 5. The number of rotatable bonds is 5. The predicted molar refractivity (Wildman–Crippen MR) is 78.3 cm³/mol. The van der Waals surface area contributed by atoms with E-state index in [2.05, 4.69) is 15.4 Å². The summed E-state index contributed by atoms with van der Waals surface area (Å²) in [7, 11) is 1.28. The normalized spacial score (nSPS) is 13.2. The quantitative estimate of drug-likeness (QED) is 0.791. The van der Waals surface area contributed by atoms with Crippen LogP contribution in [-0.2, 0) is 25.7 Å². The Hall–Kier alpha value is -2.57. The molecule has 0 aromatic heterocycles. The van der Waals surface area contributed by atoms with Crippen molar-refractivity contribution in [2.45, 2.75) is 25.8 Å². The molecule has 0 aliphatic carbocycles. The Morgan fingerprint density at radius 3 is 2.95 bits per heavy atom. The molecular weight excluding hydrogens is 288 g/mol. The molecule has 0 saturated carbocycles. The van der Waals surface area contributed by atoms with Gasteiger partial charge in [0.15, 0.2) is 0 Å². The van der Waals surface area contributed by atoms with Crippen molar-refractivity contribution >= 4 is 23.5 Å². The second-order valence-corrected chi connectivity index (χ2v) is 4.83. The van der Waals surface area contributed by atoms with Gasteiger partial charge in [-0.2, -0.15) is 0 Å². The van der Waals surface area contributed by atoms with E-state index in [9.17, 15) is 14.4 Å². The minimum atomic E-state index is -0.417. The highest BCUT2D eigenvalue weighted by Crippen LogP contribution is 2.28. The Balaban J connectivity index is 1.89. The molecule has 1 aromatic rings.